The lowest BCUT2D eigenvalue weighted by molar-refractivity contribution is 0.0959. The molecular weight excluding hydrogens is 217 g/mol. The number of hydrogen-bond acceptors (Lipinski definition) is 1. The van der Waals surface area contributed by atoms with Crippen LogP contribution in [0.4, 0.5) is 0 Å². The molecule has 0 radical (unpaired) electrons. The summed E-state index contributed by atoms with van der Waals surface area (Å²) in [6.07, 6.45) is 1.30. The predicted octanol–water partition coefficient (Wildman–Crippen LogP) is 3.59. The SMILES string of the molecule is CC1CCN1Cc1cc(Cl)cc(Cl)c1. The lowest BCUT2D eigenvalue weighted by Crippen LogP contribution is -2.44. The maximum atomic E-state index is 5.93. The van der Waals surface area contributed by atoms with Gasteiger partial charge in [-0.2, -0.15) is 0 Å². The van der Waals surface area contributed by atoms with Gasteiger partial charge in [0, 0.05) is 29.2 Å². The Hall–Kier alpha value is -0.240. The summed E-state index contributed by atoms with van der Waals surface area (Å²) in [7, 11) is 0. The lowest BCUT2D eigenvalue weighted by atomic mass is 10.0. The fourth-order valence-corrected chi connectivity index (χ4v) is 2.31. The molecule has 1 aromatic carbocycles. The van der Waals surface area contributed by atoms with Crippen LogP contribution in [0.2, 0.25) is 10.0 Å². The van der Waals surface area contributed by atoms with E-state index >= 15 is 0 Å². The molecule has 1 aliphatic heterocycles. The van der Waals surface area contributed by atoms with Crippen LogP contribution >= 0.6 is 23.2 Å². The lowest BCUT2D eigenvalue weighted by Gasteiger charge is -2.38. The first-order valence-corrected chi connectivity index (χ1v) is 5.60. The van der Waals surface area contributed by atoms with Crippen LogP contribution in [0.1, 0.15) is 18.9 Å². The van der Waals surface area contributed by atoms with Crippen LogP contribution in [0.5, 0.6) is 0 Å². The van der Waals surface area contributed by atoms with E-state index in [1.165, 1.54) is 18.5 Å². The molecule has 1 aliphatic rings. The molecule has 0 saturated carbocycles. The van der Waals surface area contributed by atoms with Crippen molar-refractivity contribution in [1.82, 2.24) is 4.90 Å². The van der Waals surface area contributed by atoms with Gasteiger partial charge < -0.3 is 0 Å². The fourth-order valence-electron chi connectivity index (χ4n) is 1.74. The Labute approximate surface area is 94.6 Å². The van der Waals surface area contributed by atoms with Crippen LogP contribution in [-0.4, -0.2) is 17.5 Å². The van der Waals surface area contributed by atoms with Crippen molar-refractivity contribution in [1.29, 1.82) is 0 Å². The molecule has 1 nitrogen and oxygen atoms in total. The molecule has 1 aromatic rings. The van der Waals surface area contributed by atoms with Crippen LogP contribution in [0.15, 0.2) is 18.2 Å². The topological polar surface area (TPSA) is 3.24 Å². The van der Waals surface area contributed by atoms with Crippen molar-refractivity contribution < 1.29 is 0 Å². The van der Waals surface area contributed by atoms with Crippen molar-refractivity contribution in [2.45, 2.75) is 25.9 Å². The van der Waals surface area contributed by atoms with E-state index in [1.807, 2.05) is 12.1 Å². The summed E-state index contributed by atoms with van der Waals surface area (Å²) < 4.78 is 0. The number of rotatable bonds is 2. The van der Waals surface area contributed by atoms with Crippen LogP contribution in [-0.2, 0) is 6.54 Å². The molecule has 1 atom stereocenters. The van der Waals surface area contributed by atoms with Gasteiger partial charge in [0.05, 0.1) is 0 Å². The first-order valence-electron chi connectivity index (χ1n) is 4.84. The van der Waals surface area contributed by atoms with Gasteiger partial charge in [0.25, 0.3) is 0 Å². The third-order valence-electron chi connectivity index (χ3n) is 2.77. The Morgan fingerprint density at radius 2 is 1.93 bits per heavy atom. The Balaban J connectivity index is 2.08. The molecule has 14 heavy (non-hydrogen) atoms. The largest absolute Gasteiger partial charge is 0.296 e. The molecule has 0 aromatic heterocycles. The molecule has 2 rings (SSSR count). The van der Waals surface area contributed by atoms with E-state index in [0.29, 0.717) is 6.04 Å². The Morgan fingerprint density at radius 1 is 1.29 bits per heavy atom. The molecule has 0 spiro atoms. The van der Waals surface area contributed by atoms with Gasteiger partial charge in [0.2, 0.25) is 0 Å². The van der Waals surface area contributed by atoms with E-state index in [9.17, 15) is 0 Å². The molecule has 76 valence electrons. The molecule has 1 unspecified atom stereocenters. The molecule has 0 bridgehead atoms. The highest BCUT2D eigenvalue weighted by Gasteiger charge is 2.23. The number of nitrogens with zero attached hydrogens (tertiary/aromatic N) is 1. The number of likely N-dealkylation sites (tertiary alicyclic amines) is 1. The van der Waals surface area contributed by atoms with Crippen LogP contribution in [0.3, 0.4) is 0 Å². The zero-order valence-electron chi connectivity index (χ0n) is 8.13. The van der Waals surface area contributed by atoms with Gasteiger partial charge in [-0.05, 0) is 37.1 Å². The molecule has 1 heterocycles. The average Bonchev–Trinajstić information content (AvgIpc) is 2.10. The zero-order chi connectivity index (χ0) is 10.1. The number of hydrogen-bond donors (Lipinski definition) is 0. The molecule has 1 saturated heterocycles. The normalized spacial score (nSPS) is 22.1. The maximum Gasteiger partial charge on any atom is 0.0424 e. The standard InChI is InChI=1S/C11H13Cl2N/c1-8-2-3-14(8)7-9-4-10(12)6-11(13)5-9/h4-6,8H,2-3,7H2,1H3. The Morgan fingerprint density at radius 3 is 2.36 bits per heavy atom. The summed E-state index contributed by atoms with van der Waals surface area (Å²) in [6.45, 7) is 4.39. The second kappa shape index (κ2) is 4.09. The average molecular weight is 230 g/mol. The van der Waals surface area contributed by atoms with Gasteiger partial charge in [-0.25, -0.2) is 0 Å². The van der Waals surface area contributed by atoms with E-state index in [2.05, 4.69) is 11.8 Å². The summed E-state index contributed by atoms with van der Waals surface area (Å²) in [5, 5.41) is 1.45. The van der Waals surface area contributed by atoms with E-state index in [-0.39, 0.29) is 0 Å². The molecule has 0 aliphatic carbocycles. The highest BCUT2D eigenvalue weighted by atomic mass is 35.5. The first-order chi connectivity index (χ1) is 6.65. The molecule has 0 amide bonds. The number of halogens is 2. The Bertz CT molecular complexity index is 318. The van der Waals surface area contributed by atoms with Crippen molar-refractivity contribution in [3.05, 3.63) is 33.8 Å². The van der Waals surface area contributed by atoms with Crippen molar-refractivity contribution in [2.75, 3.05) is 6.54 Å². The van der Waals surface area contributed by atoms with Crippen molar-refractivity contribution >= 4 is 23.2 Å². The summed E-state index contributed by atoms with van der Waals surface area (Å²) in [5.74, 6) is 0. The quantitative estimate of drug-likeness (QED) is 0.750. The Kier molecular flexibility index (Phi) is 3.01. The van der Waals surface area contributed by atoms with Gasteiger partial charge >= 0.3 is 0 Å². The summed E-state index contributed by atoms with van der Waals surface area (Å²) in [5.41, 5.74) is 1.20. The van der Waals surface area contributed by atoms with Gasteiger partial charge in [0.1, 0.15) is 0 Å². The minimum atomic E-state index is 0.702. The third-order valence-corrected chi connectivity index (χ3v) is 3.20. The smallest absolute Gasteiger partial charge is 0.0424 e. The highest BCUT2D eigenvalue weighted by molar-refractivity contribution is 6.34. The monoisotopic (exact) mass is 229 g/mol. The molecule has 3 heteroatoms. The van der Waals surface area contributed by atoms with E-state index in [1.54, 1.807) is 6.07 Å². The van der Waals surface area contributed by atoms with Crippen molar-refractivity contribution in [2.24, 2.45) is 0 Å². The van der Waals surface area contributed by atoms with Crippen molar-refractivity contribution in [3.63, 3.8) is 0 Å². The minimum absolute atomic E-state index is 0.702. The van der Waals surface area contributed by atoms with Gasteiger partial charge in [-0.15, -0.1) is 0 Å². The zero-order valence-corrected chi connectivity index (χ0v) is 9.65. The summed E-state index contributed by atoms with van der Waals surface area (Å²) in [4.78, 5) is 2.42. The summed E-state index contributed by atoms with van der Waals surface area (Å²) >= 11 is 11.9. The highest BCUT2D eigenvalue weighted by Crippen LogP contribution is 2.24. The van der Waals surface area contributed by atoms with Gasteiger partial charge in [0.15, 0.2) is 0 Å². The summed E-state index contributed by atoms with van der Waals surface area (Å²) in [6, 6.07) is 6.44. The van der Waals surface area contributed by atoms with E-state index < -0.39 is 0 Å². The maximum absolute atomic E-state index is 5.93. The van der Waals surface area contributed by atoms with Crippen LogP contribution in [0.25, 0.3) is 0 Å². The van der Waals surface area contributed by atoms with E-state index in [4.69, 9.17) is 23.2 Å². The second-order valence-electron chi connectivity index (χ2n) is 3.89. The van der Waals surface area contributed by atoms with Gasteiger partial charge in [-0.1, -0.05) is 23.2 Å². The van der Waals surface area contributed by atoms with Gasteiger partial charge in [-0.3, -0.25) is 4.90 Å². The van der Waals surface area contributed by atoms with Crippen molar-refractivity contribution in [3.8, 4) is 0 Å². The predicted molar refractivity (Wildman–Crippen MR) is 61.0 cm³/mol. The number of benzene rings is 1. The fraction of sp³-hybridized carbons (Fsp3) is 0.455. The minimum Gasteiger partial charge on any atom is -0.296 e. The second-order valence-corrected chi connectivity index (χ2v) is 4.76. The van der Waals surface area contributed by atoms with E-state index in [0.717, 1.165) is 16.6 Å². The molecular formula is C11H13Cl2N. The molecule has 0 N–H and O–H groups in total. The van der Waals surface area contributed by atoms with Crippen LogP contribution in [0, 0.1) is 0 Å². The first kappa shape index (κ1) is 10.3. The third kappa shape index (κ3) is 2.22. The van der Waals surface area contributed by atoms with Crippen LogP contribution < -0.4 is 0 Å². The molecule has 1 fully saturated rings.